The molecule has 104 valence electrons. The van der Waals surface area contributed by atoms with Gasteiger partial charge in [0.2, 0.25) is 11.8 Å². The van der Waals surface area contributed by atoms with Crippen LogP contribution in [0.1, 0.15) is 18.7 Å². The molecule has 1 aliphatic rings. The van der Waals surface area contributed by atoms with Gasteiger partial charge in [0.25, 0.3) is 0 Å². The van der Waals surface area contributed by atoms with E-state index in [0.29, 0.717) is 31.8 Å². The molecule has 1 atom stereocenters. The van der Waals surface area contributed by atoms with Gasteiger partial charge in [-0.15, -0.1) is 0 Å². The fourth-order valence-corrected chi connectivity index (χ4v) is 2.04. The zero-order valence-corrected chi connectivity index (χ0v) is 10.7. The van der Waals surface area contributed by atoms with Gasteiger partial charge in [-0.1, -0.05) is 0 Å². The number of amides is 2. The van der Waals surface area contributed by atoms with Crippen LogP contribution in [-0.4, -0.2) is 52.0 Å². The van der Waals surface area contributed by atoms with Crippen LogP contribution in [0.2, 0.25) is 0 Å². The Hall–Kier alpha value is -2.12. The highest BCUT2D eigenvalue weighted by molar-refractivity contribution is 5.86. The van der Waals surface area contributed by atoms with E-state index in [0.717, 1.165) is 0 Å². The van der Waals surface area contributed by atoms with E-state index in [4.69, 9.17) is 0 Å². The van der Waals surface area contributed by atoms with Crippen molar-refractivity contribution in [3.05, 3.63) is 16.3 Å². The minimum atomic E-state index is -0.359. The van der Waals surface area contributed by atoms with E-state index < -0.39 is 0 Å². The molecule has 1 fully saturated rings. The Morgan fingerprint density at radius 3 is 2.95 bits per heavy atom. The topological polar surface area (TPSA) is 111 Å². The van der Waals surface area contributed by atoms with Crippen molar-refractivity contribution in [2.75, 3.05) is 20.1 Å². The number of aromatic amines is 2. The molecular weight excluding hydrogens is 250 g/mol. The molecule has 0 bridgehead atoms. The van der Waals surface area contributed by atoms with E-state index in [1.165, 1.54) is 0 Å². The molecule has 0 aromatic carbocycles. The largest absolute Gasteiger partial charge is 0.355 e. The lowest BCUT2D eigenvalue weighted by atomic mass is 9.95. The smallest absolute Gasteiger partial charge is 0.340 e. The lowest BCUT2D eigenvalue weighted by Crippen LogP contribution is -2.42. The van der Waals surface area contributed by atoms with Crippen LogP contribution in [-0.2, 0) is 16.0 Å². The minimum Gasteiger partial charge on any atom is -0.355 e. The first-order valence-corrected chi connectivity index (χ1v) is 6.21. The molecular formula is C11H17N5O3. The van der Waals surface area contributed by atoms with Crippen LogP contribution in [0.25, 0.3) is 0 Å². The van der Waals surface area contributed by atoms with Gasteiger partial charge < -0.3 is 10.2 Å². The summed E-state index contributed by atoms with van der Waals surface area (Å²) in [6.07, 6.45) is 1.40. The maximum atomic E-state index is 11.9. The van der Waals surface area contributed by atoms with E-state index >= 15 is 0 Å². The second-order valence-electron chi connectivity index (χ2n) is 4.67. The van der Waals surface area contributed by atoms with E-state index in [9.17, 15) is 14.4 Å². The normalized spacial score (nSPS) is 19.5. The summed E-state index contributed by atoms with van der Waals surface area (Å²) < 4.78 is 0. The van der Waals surface area contributed by atoms with Crippen molar-refractivity contribution in [3.63, 3.8) is 0 Å². The van der Waals surface area contributed by atoms with E-state index in [2.05, 4.69) is 20.5 Å². The van der Waals surface area contributed by atoms with Gasteiger partial charge in [0.1, 0.15) is 5.82 Å². The molecule has 0 saturated carbocycles. The number of likely N-dealkylation sites (tertiary alicyclic amines) is 1. The number of nitrogens with one attached hydrogen (secondary N) is 3. The van der Waals surface area contributed by atoms with Gasteiger partial charge in [-0.3, -0.25) is 14.6 Å². The third kappa shape index (κ3) is 3.43. The SMILES string of the molecule is CN1CCC(C(=O)NCCc2n[nH]c(=O)[nH]2)CC1=O. The number of carbonyl (C=O) groups is 2. The fourth-order valence-electron chi connectivity index (χ4n) is 2.04. The van der Waals surface area contributed by atoms with E-state index in [1.807, 2.05) is 0 Å². The first-order valence-electron chi connectivity index (χ1n) is 6.21. The number of piperidine rings is 1. The quantitative estimate of drug-likeness (QED) is 0.624. The molecule has 0 aliphatic carbocycles. The molecule has 2 rings (SSSR count). The lowest BCUT2D eigenvalue weighted by molar-refractivity contribution is -0.139. The van der Waals surface area contributed by atoms with Crippen LogP contribution in [0.15, 0.2) is 4.79 Å². The van der Waals surface area contributed by atoms with E-state index in [-0.39, 0.29) is 29.8 Å². The fraction of sp³-hybridized carbons (Fsp3) is 0.636. The van der Waals surface area contributed by atoms with Crippen molar-refractivity contribution in [1.82, 2.24) is 25.4 Å². The summed E-state index contributed by atoms with van der Waals surface area (Å²) in [5.41, 5.74) is -0.359. The first kappa shape index (κ1) is 13.3. The highest BCUT2D eigenvalue weighted by Gasteiger charge is 2.28. The molecule has 3 N–H and O–H groups in total. The molecule has 0 spiro atoms. The Balaban J connectivity index is 1.75. The number of aromatic nitrogens is 3. The van der Waals surface area contributed by atoms with Crippen molar-refractivity contribution in [2.24, 2.45) is 5.92 Å². The molecule has 1 saturated heterocycles. The molecule has 8 heteroatoms. The van der Waals surface area contributed by atoms with Crippen molar-refractivity contribution in [3.8, 4) is 0 Å². The third-order valence-electron chi connectivity index (χ3n) is 3.24. The maximum absolute atomic E-state index is 11.9. The number of H-pyrrole nitrogens is 2. The molecule has 2 heterocycles. The van der Waals surface area contributed by atoms with Gasteiger partial charge in [0.05, 0.1) is 0 Å². The molecule has 1 aromatic heterocycles. The Morgan fingerprint density at radius 2 is 2.32 bits per heavy atom. The maximum Gasteiger partial charge on any atom is 0.340 e. The van der Waals surface area contributed by atoms with Crippen molar-refractivity contribution in [2.45, 2.75) is 19.3 Å². The summed E-state index contributed by atoms with van der Waals surface area (Å²) >= 11 is 0. The summed E-state index contributed by atoms with van der Waals surface area (Å²) in [6.45, 7) is 1.00. The van der Waals surface area contributed by atoms with Crippen LogP contribution in [0, 0.1) is 5.92 Å². The van der Waals surface area contributed by atoms with Crippen molar-refractivity contribution >= 4 is 11.8 Å². The van der Waals surface area contributed by atoms with Crippen LogP contribution in [0.4, 0.5) is 0 Å². The average Bonchev–Trinajstić information content (AvgIpc) is 2.78. The molecule has 8 nitrogen and oxygen atoms in total. The van der Waals surface area contributed by atoms with Crippen molar-refractivity contribution < 1.29 is 9.59 Å². The summed E-state index contributed by atoms with van der Waals surface area (Å²) in [4.78, 5) is 38.3. The van der Waals surface area contributed by atoms with Crippen LogP contribution < -0.4 is 11.0 Å². The monoisotopic (exact) mass is 267 g/mol. The predicted octanol–water partition coefficient (Wildman–Crippen LogP) is -1.37. The summed E-state index contributed by atoms with van der Waals surface area (Å²) in [5.74, 6) is 0.147. The number of nitrogens with zero attached hydrogens (tertiary/aromatic N) is 2. The Kier molecular flexibility index (Phi) is 3.98. The number of carbonyl (C=O) groups excluding carboxylic acids is 2. The Bertz CT molecular complexity index is 520. The summed E-state index contributed by atoms with van der Waals surface area (Å²) in [7, 11) is 1.74. The lowest BCUT2D eigenvalue weighted by Gasteiger charge is -2.27. The van der Waals surface area contributed by atoms with E-state index in [1.54, 1.807) is 11.9 Å². The predicted molar refractivity (Wildman–Crippen MR) is 66.3 cm³/mol. The number of hydrogen-bond donors (Lipinski definition) is 3. The first-order chi connectivity index (χ1) is 9.06. The molecule has 2 amide bonds. The van der Waals surface area contributed by atoms with Gasteiger partial charge >= 0.3 is 5.69 Å². The van der Waals surface area contributed by atoms with Gasteiger partial charge in [0.15, 0.2) is 0 Å². The highest BCUT2D eigenvalue weighted by atomic mass is 16.2. The van der Waals surface area contributed by atoms with Crippen LogP contribution >= 0.6 is 0 Å². The molecule has 1 aliphatic heterocycles. The molecule has 19 heavy (non-hydrogen) atoms. The Labute approximate surface area is 109 Å². The second-order valence-corrected chi connectivity index (χ2v) is 4.67. The van der Waals surface area contributed by atoms with Gasteiger partial charge in [-0.25, -0.2) is 9.89 Å². The standard InChI is InChI=1S/C11H17N5O3/c1-16-5-3-7(6-9(16)17)10(18)12-4-2-8-13-11(19)15-14-8/h7H,2-6H2,1H3,(H,12,18)(H2,13,14,15,19). The highest BCUT2D eigenvalue weighted by Crippen LogP contribution is 2.16. The molecule has 1 unspecified atom stereocenters. The second kappa shape index (κ2) is 5.68. The number of hydrogen-bond acceptors (Lipinski definition) is 4. The number of rotatable bonds is 4. The zero-order valence-electron chi connectivity index (χ0n) is 10.7. The van der Waals surface area contributed by atoms with Gasteiger partial charge in [-0.2, -0.15) is 5.10 Å². The zero-order chi connectivity index (χ0) is 13.8. The van der Waals surface area contributed by atoms with Crippen LogP contribution in [0.5, 0.6) is 0 Å². The summed E-state index contributed by atoms with van der Waals surface area (Å²) in [6, 6.07) is 0. The van der Waals surface area contributed by atoms with Gasteiger partial charge in [0, 0.05) is 38.9 Å². The third-order valence-corrected chi connectivity index (χ3v) is 3.24. The van der Waals surface area contributed by atoms with Crippen molar-refractivity contribution in [1.29, 1.82) is 0 Å². The van der Waals surface area contributed by atoms with Crippen LogP contribution in [0.3, 0.4) is 0 Å². The minimum absolute atomic E-state index is 0.00281. The molecule has 1 aromatic rings. The Morgan fingerprint density at radius 1 is 1.53 bits per heavy atom. The average molecular weight is 267 g/mol. The van der Waals surface area contributed by atoms with Gasteiger partial charge in [-0.05, 0) is 6.42 Å². The molecule has 0 radical (unpaired) electrons. The summed E-state index contributed by atoms with van der Waals surface area (Å²) in [5, 5.41) is 8.76.